The van der Waals surface area contributed by atoms with Gasteiger partial charge in [-0.1, -0.05) is 12.8 Å². The van der Waals surface area contributed by atoms with Gasteiger partial charge in [-0.15, -0.1) is 0 Å². The second-order valence-corrected chi connectivity index (χ2v) is 5.47. The highest BCUT2D eigenvalue weighted by atomic mass is 16.5. The number of hydrogen-bond donors (Lipinski definition) is 1. The molecule has 1 aromatic rings. The second-order valence-electron chi connectivity index (χ2n) is 5.47. The number of nitrogens with zero attached hydrogens (tertiary/aromatic N) is 3. The van der Waals surface area contributed by atoms with Gasteiger partial charge in [-0.25, -0.2) is 9.97 Å². The standard InChI is InChI=1S/C14H22N4O/c15-7-13-10-18(5-6-19-13)14-16-8-12(9-17-14)11-3-1-2-4-11/h8-9,11,13H,1-7,10,15H2. The molecular weight excluding hydrogens is 240 g/mol. The molecule has 2 aliphatic rings. The van der Waals surface area contributed by atoms with E-state index in [0.717, 1.165) is 19.0 Å². The molecule has 0 radical (unpaired) electrons. The first-order chi connectivity index (χ1) is 9.36. The van der Waals surface area contributed by atoms with E-state index in [4.69, 9.17) is 10.5 Å². The summed E-state index contributed by atoms with van der Waals surface area (Å²) in [5.41, 5.74) is 6.95. The van der Waals surface area contributed by atoms with Crippen LogP contribution in [0.25, 0.3) is 0 Å². The van der Waals surface area contributed by atoms with E-state index in [-0.39, 0.29) is 6.10 Å². The maximum atomic E-state index is 5.66. The van der Waals surface area contributed by atoms with Crippen LogP contribution >= 0.6 is 0 Å². The van der Waals surface area contributed by atoms with Crippen molar-refractivity contribution in [2.24, 2.45) is 5.73 Å². The first-order valence-electron chi connectivity index (χ1n) is 7.25. The summed E-state index contributed by atoms with van der Waals surface area (Å²) in [4.78, 5) is 11.2. The smallest absolute Gasteiger partial charge is 0.225 e. The number of hydrogen-bond acceptors (Lipinski definition) is 5. The molecule has 2 heterocycles. The van der Waals surface area contributed by atoms with Crippen LogP contribution in [0.4, 0.5) is 5.95 Å². The van der Waals surface area contributed by atoms with Crippen molar-refractivity contribution in [3.8, 4) is 0 Å². The lowest BCUT2D eigenvalue weighted by molar-refractivity contribution is 0.0460. The van der Waals surface area contributed by atoms with E-state index in [9.17, 15) is 0 Å². The zero-order valence-electron chi connectivity index (χ0n) is 11.3. The van der Waals surface area contributed by atoms with E-state index in [2.05, 4.69) is 14.9 Å². The molecule has 5 nitrogen and oxygen atoms in total. The van der Waals surface area contributed by atoms with Gasteiger partial charge in [0.05, 0.1) is 12.7 Å². The third-order valence-electron chi connectivity index (χ3n) is 4.17. The van der Waals surface area contributed by atoms with Gasteiger partial charge in [0.2, 0.25) is 5.95 Å². The number of anilines is 1. The highest BCUT2D eigenvalue weighted by Crippen LogP contribution is 2.33. The number of nitrogens with two attached hydrogens (primary N) is 1. The fraction of sp³-hybridized carbons (Fsp3) is 0.714. The van der Waals surface area contributed by atoms with Gasteiger partial charge in [0.15, 0.2) is 0 Å². The third kappa shape index (κ3) is 2.87. The molecule has 2 fully saturated rings. The van der Waals surface area contributed by atoms with E-state index in [1.165, 1.54) is 31.2 Å². The van der Waals surface area contributed by atoms with Crippen molar-refractivity contribution < 1.29 is 4.74 Å². The quantitative estimate of drug-likeness (QED) is 0.889. The van der Waals surface area contributed by atoms with Gasteiger partial charge in [-0.05, 0) is 24.3 Å². The van der Waals surface area contributed by atoms with E-state index in [1.54, 1.807) is 0 Å². The van der Waals surface area contributed by atoms with E-state index in [1.807, 2.05) is 12.4 Å². The molecule has 1 aliphatic heterocycles. The molecule has 3 rings (SSSR count). The molecule has 2 N–H and O–H groups in total. The Balaban J connectivity index is 1.67. The van der Waals surface area contributed by atoms with Crippen LogP contribution < -0.4 is 10.6 Å². The minimum absolute atomic E-state index is 0.104. The lowest BCUT2D eigenvalue weighted by Crippen LogP contribution is -2.46. The normalized spacial score (nSPS) is 24.9. The molecular formula is C14H22N4O. The van der Waals surface area contributed by atoms with Gasteiger partial charge in [0, 0.05) is 32.0 Å². The van der Waals surface area contributed by atoms with Crippen molar-refractivity contribution in [2.75, 3.05) is 31.1 Å². The first-order valence-corrected chi connectivity index (χ1v) is 7.25. The van der Waals surface area contributed by atoms with Crippen LogP contribution in [-0.4, -0.2) is 42.3 Å². The zero-order chi connectivity index (χ0) is 13.1. The van der Waals surface area contributed by atoms with Crippen LogP contribution in [0.15, 0.2) is 12.4 Å². The summed E-state index contributed by atoms with van der Waals surface area (Å²) in [6.07, 6.45) is 9.37. The summed E-state index contributed by atoms with van der Waals surface area (Å²) in [5, 5.41) is 0. The predicted molar refractivity (Wildman–Crippen MR) is 74.2 cm³/mol. The van der Waals surface area contributed by atoms with Crippen molar-refractivity contribution in [3.63, 3.8) is 0 Å². The molecule has 1 saturated carbocycles. The van der Waals surface area contributed by atoms with Crippen LogP contribution in [0, 0.1) is 0 Å². The second kappa shape index (κ2) is 5.84. The Labute approximate surface area is 114 Å². The van der Waals surface area contributed by atoms with Gasteiger partial charge in [-0.2, -0.15) is 0 Å². The van der Waals surface area contributed by atoms with Crippen molar-refractivity contribution in [1.82, 2.24) is 9.97 Å². The van der Waals surface area contributed by atoms with Crippen LogP contribution in [0.3, 0.4) is 0 Å². The summed E-state index contributed by atoms with van der Waals surface area (Å²) < 4.78 is 5.56. The SMILES string of the molecule is NCC1CN(c2ncc(C3CCCC3)cn2)CCO1. The van der Waals surface area contributed by atoms with Crippen LogP contribution in [-0.2, 0) is 4.74 Å². The van der Waals surface area contributed by atoms with Gasteiger partial charge in [0.1, 0.15) is 0 Å². The summed E-state index contributed by atoms with van der Waals surface area (Å²) >= 11 is 0. The Morgan fingerprint density at radius 1 is 1.26 bits per heavy atom. The van der Waals surface area contributed by atoms with E-state index < -0.39 is 0 Å². The van der Waals surface area contributed by atoms with Gasteiger partial charge >= 0.3 is 0 Å². The molecule has 19 heavy (non-hydrogen) atoms. The zero-order valence-corrected chi connectivity index (χ0v) is 11.3. The molecule has 5 heteroatoms. The largest absolute Gasteiger partial charge is 0.373 e. The Kier molecular flexibility index (Phi) is 3.94. The first kappa shape index (κ1) is 12.8. The third-order valence-corrected chi connectivity index (χ3v) is 4.17. The topological polar surface area (TPSA) is 64.3 Å². The molecule has 1 saturated heterocycles. The number of aromatic nitrogens is 2. The highest BCUT2D eigenvalue weighted by molar-refractivity contribution is 5.31. The summed E-state index contributed by atoms with van der Waals surface area (Å²) in [6.45, 7) is 2.89. The van der Waals surface area contributed by atoms with Crippen molar-refractivity contribution in [3.05, 3.63) is 18.0 Å². The van der Waals surface area contributed by atoms with E-state index in [0.29, 0.717) is 19.1 Å². The van der Waals surface area contributed by atoms with Crippen LogP contribution in [0.5, 0.6) is 0 Å². The van der Waals surface area contributed by atoms with E-state index >= 15 is 0 Å². The summed E-state index contributed by atoms with van der Waals surface area (Å²) in [6, 6.07) is 0. The van der Waals surface area contributed by atoms with Crippen molar-refractivity contribution >= 4 is 5.95 Å². The molecule has 1 aromatic heterocycles. The summed E-state index contributed by atoms with van der Waals surface area (Å²) in [5.74, 6) is 1.49. The minimum Gasteiger partial charge on any atom is -0.373 e. The highest BCUT2D eigenvalue weighted by Gasteiger charge is 2.22. The van der Waals surface area contributed by atoms with Crippen molar-refractivity contribution in [2.45, 2.75) is 37.7 Å². The Morgan fingerprint density at radius 3 is 2.68 bits per heavy atom. The molecule has 0 spiro atoms. The molecule has 0 bridgehead atoms. The average Bonchev–Trinajstić information content (AvgIpc) is 3.02. The fourth-order valence-electron chi connectivity index (χ4n) is 3.01. The Bertz CT molecular complexity index is 402. The molecule has 1 atom stereocenters. The lowest BCUT2D eigenvalue weighted by Gasteiger charge is -2.32. The summed E-state index contributed by atoms with van der Waals surface area (Å²) in [7, 11) is 0. The predicted octanol–water partition coefficient (Wildman–Crippen LogP) is 1.30. The molecule has 1 unspecified atom stereocenters. The van der Waals surface area contributed by atoms with Crippen molar-refractivity contribution in [1.29, 1.82) is 0 Å². The average molecular weight is 262 g/mol. The van der Waals surface area contributed by atoms with Gasteiger partial charge in [0.25, 0.3) is 0 Å². The van der Waals surface area contributed by atoms with Crippen LogP contribution in [0.2, 0.25) is 0 Å². The molecule has 0 amide bonds. The maximum absolute atomic E-state index is 5.66. The Morgan fingerprint density at radius 2 is 2.00 bits per heavy atom. The fourth-order valence-corrected chi connectivity index (χ4v) is 3.01. The van der Waals surface area contributed by atoms with Crippen LogP contribution in [0.1, 0.15) is 37.2 Å². The minimum atomic E-state index is 0.104. The number of rotatable bonds is 3. The maximum Gasteiger partial charge on any atom is 0.225 e. The number of ether oxygens (including phenoxy) is 1. The number of morpholine rings is 1. The molecule has 1 aliphatic carbocycles. The molecule has 0 aromatic carbocycles. The Hall–Kier alpha value is -1.20. The van der Waals surface area contributed by atoms with Gasteiger partial charge < -0.3 is 15.4 Å². The molecule has 104 valence electrons. The lowest BCUT2D eigenvalue weighted by atomic mass is 10.0. The monoisotopic (exact) mass is 262 g/mol. The van der Waals surface area contributed by atoms with Gasteiger partial charge in [-0.3, -0.25) is 0 Å².